The van der Waals surface area contributed by atoms with E-state index in [9.17, 15) is 14.4 Å². The van der Waals surface area contributed by atoms with Gasteiger partial charge < -0.3 is 9.47 Å². The normalized spacial score (nSPS) is 15.7. The van der Waals surface area contributed by atoms with Gasteiger partial charge in [0, 0.05) is 5.56 Å². The lowest BCUT2D eigenvalue weighted by molar-refractivity contribution is -0.122. The third-order valence-electron chi connectivity index (χ3n) is 3.95. The molecule has 0 aromatic heterocycles. The summed E-state index contributed by atoms with van der Waals surface area (Å²) in [7, 11) is 1.50. The lowest BCUT2D eigenvalue weighted by atomic mass is 10.1. The molecule has 0 bridgehead atoms. The first-order chi connectivity index (χ1) is 13.0. The van der Waals surface area contributed by atoms with E-state index in [4.69, 9.17) is 9.47 Å². The van der Waals surface area contributed by atoms with Gasteiger partial charge in [0.1, 0.15) is 17.1 Å². The van der Waals surface area contributed by atoms with Crippen LogP contribution in [-0.2, 0) is 9.59 Å². The van der Waals surface area contributed by atoms with E-state index < -0.39 is 17.8 Å². The highest BCUT2D eigenvalue weighted by molar-refractivity contribution is 6.39. The molecule has 0 spiro atoms. The summed E-state index contributed by atoms with van der Waals surface area (Å²) >= 11 is 0. The molecule has 1 aliphatic heterocycles. The lowest BCUT2D eigenvalue weighted by Gasteiger charge is -2.26. The Balaban J connectivity index is 1.97. The first kappa shape index (κ1) is 18.2. The van der Waals surface area contributed by atoms with Crippen molar-refractivity contribution in [1.82, 2.24) is 5.32 Å². The number of hydrogen-bond acceptors (Lipinski definition) is 5. The van der Waals surface area contributed by atoms with Crippen molar-refractivity contribution in [2.24, 2.45) is 0 Å². The predicted octanol–water partition coefficient (Wildman–Crippen LogP) is 2.76. The molecule has 7 heteroatoms. The molecule has 1 aliphatic rings. The fraction of sp³-hybridized carbons (Fsp3) is 0.150. The smallest absolute Gasteiger partial charge is 0.335 e. The van der Waals surface area contributed by atoms with Crippen LogP contribution in [0.4, 0.5) is 10.5 Å². The van der Waals surface area contributed by atoms with Crippen LogP contribution in [0, 0.1) is 0 Å². The van der Waals surface area contributed by atoms with Crippen LogP contribution in [0.15, 0.2) is 54.1 Å². The van der Waals surface area contributed by atoms with Crippen LogP contribution in [0.3, 0.4) is 0 Å². The van der Waals surface area contributed by atoms with Gasteiger partial charge in [0.2, 0.25) is 0 Å². The van der Waals surface area contributed by atoms with E-state index in [2.05, 4.69) is 5.32 Å². The Morgan fingerprint density at radius 1 is 1.04 bits per heavy atom. The molecule has 2 aromatic carbocycles. The summed E-state index contributed by atoms with van der Waals surface area (Å²) in [6.45, 7) is 2.36. The molecule has 0 atom stereocenters. The van der Waals surface area contributed by atoms with Crippen molar-refractivity contribution in [3.63, 3.8) is 0 Å². The van der Waals surface area contributed by atoms with Crippen molar-refractivity contribution in [2.45, 2.75) is 6.92 Å². The van der Waals surface area contributed by atoms with Crippen molar-refractivity contribution in [2.75, 3.05) is 18.6 Å². The van der Waals surface area contributed by atoms with Gasteiger partial charge in [0.15, 0.2) is 0 Å². The number of benzene rings is 2. The fourth-order valence-electron chi connectivity index (χ4n) is 2.69. The molecule has 3 rings (SSSR count). The third kappa shape index (κ3) is 3.67. The maximum atomic E-state index is 12.9. The minimum absolute atomic E-state index is 0.159. The highest BCUT2D eigenvalue weighted by Gasteiger charge is 2.36. The highest BCUT2D eigenvalue weighted by atomic mass is 16.5. The van der Waals surface area contributed by atoms with Gasteiger partial charge in [-0.05, 0) is 43.3 Å². The van der Waals surface area contributed by atoms with Crippen LogP contribution >= 0.6 is 0 Å². The van der Waals surface area contributed by atoms with Crippen LogP contribution in [0.1, 0.15) is 12.5 Å². The minimum Gasteiger partial charge on any atom is -0.496 e. The molecule has 138 valence electrons. The molecule has 1 heterocycles. The number of rotatable bonds is 5. The highest BCUT2D eigenvalue weighted by Crippen LogP contribution is 2.26. The van der Waals surface area contributed by atoms with Crippen molar-refractivity contribution >= 4 is 29.6 Å². The fourth-order valence-corrected chi connectivity index (χ4v) is 2.69. The summed E-state index contributed by atoms with van der Waals surface area (Å²) in [6.07, 6.45) is 1.41. The number of urea groups is 1. The zero-order chi connectivity index (χ0) is 19.4. The van der Waals surface area contributed by atoms with Gasteiger partial charge in [-0.1, -0.05) is 18.2 Å². The molecule has 7 nitrogen and oxygen atoms in total. The molecule has 27 heavy (non-hydrogen) atoms. The quantitative estimate of drug-likeness (QED) is 0.650. The summed E-state index contributed by atoms with van der Waals surface area (Å²) < 4.78 is 10.6. The standard InChI is InChI=1S/C20H18N2O5/c1-3-27-15-10-8-14(9-11-15)22-19(24)16(18(23)21-20(22)25)12-13-6-4-5-7-17(13)26-2/h4-12H,3H2,1-2H3,(H,21,23,25). The molecular formula is C20H18N2O5. The Morgan fingerprint density at radius 2 is 1.74 bits per heavy atom. The Labute approximate surface area is 156 Å². The van der Waals surface area contributed by atoms with E-state index in [-0.39, 0.29) is 5.57 Å². The van der Waals surface area contributed by atoms with Crippen LogP contribution in [0.2, 0.25) is 0 Å². The molecule has 0 radical (unpaired) electrons. The second kappa shape index (κ2) is 7.74. The summed E-state index contributed by atoms with van der Waals surface area (Å²) in [5.41, 5.74) is 0.729. The summed E-state index contributed by atoms with van der Waals surface area (Å²) in [6, 6.07) is 12.6. The monoisotopic (exact) mass is 366 g/mol. The molecule has 0 saturated carbocycles. The number of amides is 4. The molecule has 1 N–H and O–H groups in total. The number of methoxy groups -OCH3 is 1. The van der Waals surface area contributed by atoms with Gasteiger partial charge in [-0.15, -0.1) is 0 Å². The number of barbiturate groups is 1. The SMILES string of the molecule is CCOc1ccc(N2C(=O)NC(=O)C(=Cc3ccccc3OC)C2=O)cc1. The van der Waals surface area contributed by atoms with E-state index in [1.165, 1.54) is 13.2 Å². The zero-order valence-electron chi connectivity index (χ0n) is 14.9. The van der Waals surface area contributed by atoms with Crippen molar-refractivity contribution < 1.29 is 23.9 Å². The maximum absolute atomic E-state index is 12.9. The second-order valence-corrected chi connectivity index (χ2v) is 5.63. The molecule has 1 saturated heterocycles. The summed E-state index contributed by atoms with van der Waals surface area (Å²) in [5, 5.41) is 2.19. The van der Waals surface area contributed by atoms with Crippen LogP contribution < -0.4 is 19.7 Å². The van der Waals surface area contributed by atoms with Gasteiger partial charge in [0.25, 0.3) is 11.8 Å². The Kier molecular flexibility index (Phi) is 5.21. The lowest BCUT2D eigenvalue weighted by Crippen LogP contribution is -2.54. The van der Waals surface area contributed by atoms with Crippen molar-refractivity contribution in [3.05, 3.63) is 59.7 Å². The number of nitrogens with zero attached hydrogens (tertiary/aromatic N) is 1. The molecule has 0 unspecified atom stereocenters. The molecular weight excluding hydrogens is 348 g/mol. The summed E-state index contributed by atoms with van der Waals surface area (Å²) in [4.78, 5) is 38.2. The largest absolute Gasteiger partial charge is 0.496 e. The van der Waals surface area contributed by atoms with E-state index >= 15 is 0 Å². The van der Waals surface area contributed by atoms with Gasteiger partial charge in [-0.25, -0.2) is 9.69 Å². The Bertz CT molecular complexity index is 918. The number of hydrogen-bond donors (Lipinski definition) is 1. The number of nitrogens with one attached hydrogen (secondary N) is 1. The number of ether oxygens (including phenoxy) is 2. The topological polar surface area (TPSA) is 84.9 Å². The molecule has 2 aromatic rings. The average Bonchev–Trinajstić information content (AvgIpc) is 2.67. The third-order valence-corrected chi connectivity index (χ3v) is 3.95. The van der Waals surface area contributed by atoms with Gasteiger partial charge >= 0.3 is 6.03 Å². The first-order valence-corrected chi connectivity index (χ1v) is 8.32. The molecule has 4 amide bonds. The van der Waals surface area contributed by atoms with E-state index in [1.54, 1.807) is 48.5 Å². The Hall–Kier alpha value is -3.61. The predicted molar refractivity (Wildman–Crippen MR) is 99.6 cm³/mol. The number of para-hydroxylation sites is 1. The van der Waals surface area contributed by atoms with Gasteiger partial charge in [0.05, 0.1) is 19.4 Å². The summed E-state index contributed by atoms with van der Waals surface area (Å²) in [5.74, 6) is -0.334. The maximum Gasteiger partial charge on any atom is 0.335 e. The van der Waals surface area contributed by atoms with Gasteiger partial charge in [-0.2, -0.15) is 0 Å². The molecule has 1 fully saturated rings. The zero-order valence-corrected chi connectivity index (χ0v) is 14.9. The van der Waals surface area contributed by atoms with Crippen LogP contribution in [-0.4, -0.2) is 31.6 Å². The van der Waals surface area contributed by atoms with Crippen LogP contribution in [0.25, 0.3) is 6.08 Å². The van der Waals surface area contributed by atoms with Crippen LogP contribution in [0.5, 0.6) is 11.5 Å². The van der Waals surface area contributed by atoms with E-state index in [0.29, 0.717) is 29.4 Å². The second-order valence-electron chi connectivity index (χ2n) is 5.63. The van der Waals surface area contributed by atoms with E-state index in [1.807, 2.05) is 6.92 Å². The van der Waals surface area contributed by atoms with Gasteiger partial charge in [-0.3, -0.25) is 14.9 Å². The minimum atomic E-state index is -0.800. The Morgan fingerprint density at radius 3 is 2.41 bits per heavy atom. The van der Waals surface area contributed by atoms with E-state index in [0.717, 1.165) is 4.90 Å². The number of anilines is 1. The van der Waals surface area contributed by atoms with Crippen molar-refractivity contribution in [3.8, 4) is 11.5 Å². The first-order valence-electron chi connectivity index (χ1n) is 8.32. The number of imide groups is 2. The molecule has 0 aliphatic carbocycles. The number of carbonyl (C=O) groups excluding carboxylic acids is 3. The van der Waals surface area contributed by atoms with Crippen molar-refractivity contribution in [1.29, 1.82) is 0 Å². The number of carbonyl (C=O) groups is 3. The average molecular weight is 366 g/mol.